The quantitative estimate of drug-likeness (QED) is 0.901. The number of hydrogen-bond donors (Lipinski definition) is 1. The Morgan fingerprint density at radius 2 is 2.16 bits per heavy atom. The summed E-state index contributed by atoms with van der Waals surface area (Å²) in [6.45, 7) is 0. The molecule has 0 aromatic carbocycles. The van der Waals surface area contributed by atoms with Gasteiger partial charge in [-0.3, -0.25) is 4.79 Å². The van der Waals surface area contributed by atoms with Crippen LogP contribution in [-0.2, 0) is 12.8 Å². The number of amides is 1. The van der Waals surface area contributed by atoms with Crippen LogP contribution in [0.5, 0.6) is 0 Å². The number of nitrogens with zero attached hydrogens (tertiary/aromatic N) is 1. The molecule has 0 bridgehead atoms. The van der Waals surface area contributed by atoms with Gasteiger partial charge in [0.2, 0.25) is 0 Å². The molecule has 0 aliphatic heterocycles. The predicted octanol–water partition coefficient (Wildman–Crippen LogP) is 3.05. The number of thiophene rings is 1. The van der Waals surface area contributed by atoms with Crippen LogP contribution in [0, 0.1) is 17.2 Å². The van der Waals surface area contributed by atoms with Crippen molar-refractivity contribution < 1.29 is 4.79 Å². The van der Waals surface area contributed by atoms with E-state index in [9.17, 15) is 4.79 Å². The summed E-state index contributed by atoms with van der Waals surface area (Å²) in [6, 6.07) is 4.42. The molecule has 2 unspecified atom stereocenters. The summed E-state index contributed by atoms with van der Waals surface area (Å²) in [5.74, 6) is 0.0186. The smallest absolute Gasteiger partial charge is 0.261 e. The lowest BCUT2D eigenvalue weighted by atomic mass is 9.99. The molecular weight excluding hydrogens is 256 g/mol. The van der Waals surface area contributed by atoms with Crippen molar-refractivity contribution in [1.82, 2.24) is 5.32 Å². The predicted molar refractivity (Wildman–Crippen MR) is 75.2 cm³/mol. The summed E-state index contributed by atoms with van der Waals surface area (Å²) in [4.78, 5) is 14.5. The van der Waals surface area contributed by atoms with Crippen LogP contribution in [0.2, 0.25) is 0 Å². The second-order valence-corrected chi connectivity index (χ2v) is 6.65. The van der Waals surface area contributed by atoms with Crippen LogP contribution in [0.3, 0.4) is 0 Å². The van der Waals surface area contributed by atoms with E-state index in [2.05, 4.69) is 17.5 Å². The Labute approximate surface area is 117 Å². The first-order chi connectivity index (χ1) is 9.28. The number of carbonyl (C=O) groups excluding carboxylic acids is 1. The lowest BCUT2D eigenvalue weighted by Crippen LogP contribution is -2.36. The van der Waals surface area contributed by atoms with Crippen LogP contribution in [-0.4, -0.2) is 11.9 Å². The van der Waals surface area contributed by atoms with E-state index in [1.807, 2.05) is 0 Å². The zero-order valence-electron chi connectivity index (χ0n) is 10.9. The van der Waals surface area contributed by atoms with Gasteiger partial charge in [-0.05, 0) is 56.6 Å². The number of nitrogens with one attached hydrogen (secondary N) is 1. The van der Waals surface area contributed by atoms with Crippen LogP contribution in [0.25, 0.3) is 0 Å². The van der Waals surface area contributed by atoms with Crippen LogP contribution < -0.4 is 5.32 Å². The van der Waals surface area contributed by atoms with E-state index in [0.717, 1.165) is 37.0 Å². The van der Waals surface area contributed by atoms with Crippen molar-refractivity contribution in [2.75, 3.05) is 0 Å². The Kier molecular flexibility index (Phi) is 3.56. The zero-order valence-corrected chi connectivity index (χ0v) is 11.8. The molecule has 1 saturated carbocycles. The molecule has 0 radical (unpaired) electrons. The van der Waals surface area contributed by atoms with Crippen molar-refractivity contribution in [3.05, 3.63) is 21.4 Å². The van der Waals surface area contributed by atoms with Gasteiger partial charge in [-0.15, -0.1) is 11.3 Å². The van der Waals surface area contributed by atoms with Gasteiger partial charge in [-0.2, -0.15) is 5.26 Å². The summed E-state index contributed by atoms with van der Waals surface area (Å²) in [7, 11) is 0. The first-order valence-electron chi connectivity index (χ1n) is 7.10. The van der Waals surface area contributed by atoms with Crippen molar-refractivity contribution in [3.63, 3.8) is 0 Å². The minimum atomic E-state index is -0.00135. The molecule has 1 aromatic heterocycles. The molecule has 3 rings (SSSR count). The van der Waals surface area contributed by atoms with Gasteiger partial charge in [0.15, 0.2) is 0 Å². The van der Waals surface area contributed by atoms with Crippen LogP contribution in [0.15, 0.2) is 6.07 Å². The molecule has 3 nitrogen and oxygen atoms in total. The number of carbonyl (C=O) groups is 1. The van der Waals surface area contributed by atoms with E-state index in [-0.39, 0.29) is 17.9 Å². The van der Waals surface area contributed by atoms with E-state index >= 15 is 0 Å². The SMILES string of the molecule is N#CC1CCCC1NC(=O)c1cc2c(s1)CCCC2. The normalized spacial score (nSPS) is 25.6. The third-order valence-electron chi connectivity index (χ3n) is 4.22. The lowest BCUT2D eigenvalue weighted by Gasteiger charge is -2.14. The molecule has 1 fully saturated rings. The molecule has 0 spiro atoms. The van der Waals surface area contributed by atoms with Crippen molar-refractivity contribution in [2.24, 2.45) is 5.92 Å². The minimum absolute atomic E-state index is 0.00135. The average Bonchev–Trinajstić information content (AvgIpc) is 3.03. The number of hydrogen-bond acceptors (Lipinski definition) is 3. The molecular formula is C15H18N2OS. The van der Waals surface area contributed by atoms with Gasteiger partial charge in [0.25, 0.3) is 5.91 Å². The monoisotopic (exact) mass is 274 g/mol. The molecule has 100 valence electrons. The van der Waals surface area contributed by atoms with E-state index in [1.54, 1.807) is 11.3 Å². The Morgan fingerprint density at radius 1 is 1.32 bits per heavy atom. The van der Waals surface area contributed by atoms with Gasteiger partial charge in [0, 0.05) is 10.9 Å². The standard InChI is InChI=1S/C15H18N2OS/c16-9-11-5-3-6-12(11)17-15(18)14-8-10-4-1-2-7-13(10)19-14/h8,11-12H,1-7H2,(H,17,18). The molecule has 2 aliphatic rings. The van der Waals surface area contributed by atoms with E-state index in [4.69, 9.17) is 5.26 Å². The molecule has 2 aliphatic carbocycles. The van der Waals surface area contributed by atoms with Gasteiger partial charge in [-0.25, -0.2) is 0 Å². The second-order valence-electron chi connectivity index (χ2n) is 5.51. The minimum Gasteiger partial charge on any atom is -0.347 e. The fraction of sp³-hybridized carbons (Fsp3) is 0.600. The number of rotatable bonds is 2. The van der Waals surface area contributed by atoms with E-state index in [1.165, 1.54) is 23.3 Å². The molecule has 0 saturated heterocycles. The highest BCUT2D eigenvalue weighted by Gasteiger charge is 2.29. The Bertz CT molecular complexity index is 505. The Balaban J connectivity index is 1.70. The largest absolute Gasteiger partial charge is 0.347 e. The summed E-state index contributed by atoms with van der Waals surface area (Å²) < 4.78 is 0. The van der Waals surface area contributed by atoms with Crippen molar-refractivity contribution >= 4 is 17.2 Å². The maximum absolute atomic E-state index is 12.3. The molecule has 1 heterocycles. The molecule has 2 atom stereocenters. The fourth-order valence-electron chi connectivity index (χ4n) is 3.13. The number of fused-ring (bicyclic) bond motifs is 1. The number of nitriles is 1. The summed E-state index contributed by atoms with van der Waals surface area (Å²) in [6.07, 6.45) is 7.63. The fourth-order valence-corrected chi connectivity index (χ4v) is 4.29. The summed E-state index contributed by atoms with van der Waals surface area (Å²) in [5.41, 5.74) is 1.37. The molecule has 1 amide bonds. The van der Waals surface area contributed by atoms with E-state index in [0.29, 0.717) is 0 Å². The third-order valence-corrected chi connectivity index (χ3v) is 5.45. The van der Waals surface area contributed by atoms with Crippen LogP contribution in [0.1, 0.15) is 52.2 Å². The lowest BCUT2D eigenvalue weighted by molar-refractivity contribution is 0.0937. The van der Waals surface area contributed by atoms with Gasteiger partial charge >= 0.3 is 0 Å². The topological polar surface area (TPSA) is 52.9 Å². The third kappa shape index (κ3) is 2.52. The van der Waals surface area contributed by atoms with Gasteiger partial charge in [0.05, 0.1) is 16.9 Å². The van der Waals surface area contributed by atoms with Gasteiger partial charge in [-0.1, -0.05) is 0 Å². The van der Waals surface area contributed by atoms with E-state index < -0.39 is 0 Å². The first kappa shape index (κ1) is 12.7. The highest BCUT2D eigenvalue weighted by Crippen LogP contribution is 2.30. The summed E-state index contributed by atoms with van der Waals surface area (Å²) in [5, 5.41) is 12.1. The van der Waals surface area contributed by atoms with Crippen LogP contribution >= 0.6 is 11.3 Å². The van der Waals surface area contributed by atoms with Crippen molar-refractivity contribution in [2.45, 2.75) is 51.0 Å². The maximum atomic E-state index is 12.3. The first-order valence-corrected chi connectivity index (χ1v) is 7.91. The summed E-state index contributed by atoms with van der Waals surface area (Å²) >= 11 is 1.64. The maximum Gasteiger partial charge on any atom is 0.261 e. The zero-order chi connectivity index (χ0) is 13.2. The highest BCUT2D eigenvalue weighted by molar-refractivity contribution is 7.14. The number of aryl methyl sites for hydroxylation is 2. The van der Waals surface area contributed by atoms with Gasteiger partial charge in [0.1, 0.15) is 0 Å². The molecule has 1 aromatic rings. The average molecular weight is 274 g/mol. The molecule has 1 N–H and O–H groups in total. The second kappa shape index (κ2) is 5.34. The van der Waals surface area contributed by atoms with Crippen molar-refractivity contribution in [1.29, 1.82) is 5.26 Å². The van der Waals surface area contributed by atoms with Crippen molar-refractivity contribution in [3.8, 4) is 6.07 Å². The molecule has 4 heteroatoms. The Morgan fingerprint density at radius 3 is 2.95 bits per heavy atom. The Hall–Kier alpha value is -1.34. The highest BCUT2D eigenvalue weighted by atomic mass is 32.1. The molecule has 19 heavy (non-hydrogen) atoms. The van der Waals surface area contributed by atoms with Gasteiger partial charge < -0.3 is 5.32 Å². The van der Waals surface area contributed by atoms with Crippen LogP contribution in [0.4, 0.5) is 0 Å².